The molecule has 0 unspecified atom stereocenters. The van der Waals surface area contributed by atoms with E-state index in [1.165, 1.54) is 0 Å². The molecule has 0 radical (unpaired) electrons. The lowest BCUT2D eigenvalue weighted by Gasteiger charge is -2.20. The molecule has 7 heteroatoms. The first-order valence-electron chi connectivity index (χ1n) is 8.62. The molecule has 0 aliphatic carbocycles. The minimum Gasteiger partial charge on any atom is -0.330 e. The molecule has 0 saturated carbocycles. The summed E-state index contributed by atoms with van der Waals surface area (Å²) in [6.07, 6.45) is 1.10. The molecule has 0 saturated heterocycles. The summed E-state index contributed by atoms with van der Waals surface area (Å²) in [7, 11) is 0. The summed E-state index contributed by atoms with van der Waals surface area (Å²) in [5.74, 6) is 0. The Kier molecular flexibility index (Phi) is 34.9. The molecular weight excluding hydrogens is 278 g/mol. The van der Waals surface area contributed by atoms with Crippen molar-refractivity contribution in [3.63, 3.8) is 0 Å². The molecule has 138 valence electrons. The highest BCUT2D eigenvalue weighted by Gasteiger charge is 2.00. The Morgan fingerprint density at radius 1 is 0.636 bits per heavy atom. The minimum atomic E-state index is 0.714. The first-order valence-corrected chi connectivity index (χ1v) is 8.62. The molecule has 7 nitrogen and oxygen atoms in total. The molecule has 22 heavy (non-hydrogen) atoms. The van der Waals surface area contributed by atoms with E-state index < -0.39 is 0 Å². The van der Waals surface area contributed by atoms with E-state index in [-0.39, 0.29) is 0 Å². The van der Waals surface area contributed by atoms with Crippen molar-refractivity contribution in [3.8, 4) is 0 Å². The number of nitrogens with two attached hydrogens (primary N) is 4. The van der Waals surface area contributed by atoms with Crippen molar-refractivity contribution in [2.45, 2.75) is 27.2 Å². The van der Waals surface area contributed by atoms with Crippen LogP contribution in [0.2, 0.25) is 0 Å². The summed E-state index contributed by atoms with van der Waals surface area (Å²) >= 11 is 0. The minimum absolute atomic E-state index is 0.714. The highest BCUT2D eigenvalue weighted by molar-refractivity contribution is 4.60. The van der Waals surface area contributed by atoms with Crippen LogP contribution in [0.15, 0.2) is 0 Å². The molecule has 0 rings (SSSR count). The third-order valence-electron chi connectivity index (χ3n) is 2.61. The Morgan fingerprint density at radius 2 is 1.09 bits per heavy atom. The zero-order valence-electron chi connectivity index (χ0n) is 15.2. The molecule has 0 spiro atoms. The topological polar surface area (TPSA) is 131 Å². The van der Waals surface area contributed by atoms with Gasteiger partial charge in [0.1, 0.15) is 0 Å². The van der Waals surface area contributed by atoms with Crippen LogP contribution in [0.4, 0.5) is 0 Å². The Bertz CT molecular complexity index is 147. The summed E-state index contributed by atoms with van der Waals surface area (Å²) in [5.41, 5.74) is 21.1. The monoisotopic (exact) mass is 321 g/mol. The number of nitrogens with zero attached hydrogens (tertiary/aromatic N) is 1. The fourth-order valence-electron chi connectivity index (χ4n) is 1.39. The molecule has 0 aliphatic rings. The van der Waals surface area contributed by atoms with Gasteiger partial charge in [0, 0.05) is 52.4 Å². The van der Waals surface area contributed by atoms with Gasteiger partial charge < -0.3 is 33.6 Å². The van der Waals surface area contributed by atoms with E-state index in [4.69, 9.17) is 22.9 Å². The van der Waals surface area contributed by atoms with E-state index >= 15 is 0 Å². The maximum Gasteiger partial charge on any atom is 0.0108 e. The SMILES string of the molecule is CCCN.CCNCCN.CCNCCN(CCN)CCN. The van der Waals surface area contributed by atoms with Crippen LogP contribution in [0.25, 0.3) is 0 Å². The Labute approximate surface area is 138 Å². The van der Waals surface area contributed by atoms with Gasteiger partial charge in [-0.05, 0) is 26.1 Å². The normalized spacial score (nSPS) is 9.82. The molecule has 0 aliphatic heterocycles. The Morgan fingerprint density at radius 3 is 1.36 bits per heavy atom. The van der Waals surface area contributed by atoms with E-state index in [9.17, 15) is 0 Å². The van der Waals surface area contributed by atoms with Crippen LogP contribution < -0.4 is 33.6 Å². The van der Waals surface area contributed by atoms with Gasteiger partial charge in [0.25, 0.3) is 0 Å². The molecule has 0 aromatic heterocycles. The molecular formula is C15H43N7. The van der Waals surface area contributed by atoms with Crippen LogP contribution in [-0.2, 0) is 0 Å². The number of hydrogen-bond acceptors (Lipinski definition) is 7. The predicted molar refractivity (Wildman–Crippen MR) is 100 cm³/mol. The largest absolute Gasteiger partial charge is 0.330 e. The zero-order chi connectivity index (χ0) is 17.5. The summed E-state index contributed by atoms with van der Waals surface area (Å²) in [5, 5.41) is 6.35. The second-order valence-electron chi connectivity index (χ2n) is 4.70. The highest BCUT2D eigenvalue weighted by atomic mass is 15.1. The van der Waals surface area contributed by atoms with E-state index in [1.54, 1.807) is 0 Å². The molecule has 0 aromatic rings. The first kappa shape index (κ1) is 26.6. The van der Waals surface area contributed by atoms with Gasteiger partial charge in [-0.25, -0.2) is 0 Å². The van der Waals surface area contributed by atoms with Gasteiger partial charge in [-0.15, -0.1) is 0 Å². The van der Waals surface area contributed by atoms with Crippen LogP contribution in [0.3, 0.4) is 0 Å². The highest BCUT2D eigenvalue weighted by Crippen LogP contribution is 1.83. The fraction of sp³-hybridized carbons (Fsp3) is 1.00. The van der Waals surface area contributed by atoms with Gasteiger partial charge in [0.05, 0.1) is 0 Å². The van der Waals surface area contributed by atoms with Crippen molar-refractivity contribution in [3.05, 3.63) is 0 Å². The molecule has 0 aromatic carbocycles. The van der Waals surface area contributed by atoms with Gasteiger partial charge in [-0.3, -0.25) is 4.90 Å². The van der Waals surface area contributed by atoms with Crippen molar-refractivity contribution in [2.24, 2.45) is 22.9 Å². The lowest BCUT2D eigenvalue weighted by molar-refractivity contribution is 0.289. The fourth-order valence-corrected chi connectivity index (χ4v) is 1.39. The van der Waals surface area contributed by atoms with Gasteiger partial charge in [-0.2, -0.15) is 0 Å². The maximum absolute atomic E-state index is 5.46. The van der Waals surface area contributed by atoms with E-state index in [1.807, 2.05) is 0 Å². The van der Waals surface area contributed by atoms with Gasteiger partial charge in [0.15, 0.2) is 0 Å². The molecule has 0 amide bonds. The van der Waals surface area contributed by atoms with Gasteiger partial charge in [-0.1, -0.05) is 20.8 Å². The number of hydrogen-bond donors (Lipinski definition) is 6. The van der Waals surface area contributed by atoms with E-state index in [2.05, 4.69) is 36.3 Å². The molecule has 10 N–H and O–H groups in total. The standard InChI is InChI=1S/C8H22N4.C4H12N2.C3H9N/c1-2-11-5-8-12(6-3-9)7-4-10;1-2-6-4-3-5;1-2-3-4/h11H,2-10H2,1H3;6H,2-5H2,1H3;2-4H2,1H3. The van der Waals surface area contributed by atoms with Gasteiger partial charge >= 0.3 is 0 Å². The first-order chi connectivity index (χ1) is 10.7. The smallest absolute Gasteiger partial charge is 0.0108 e. The van der Waals surface area contributed by atoms with Crippen LogP contribution in [0, 0.1) is 0 Å². The number of likely N-dealkylation sites (N-methyl/N-ethyl adjacent to an activating group) is 2. The average molecular weight is 322 g/mol. The van der Waals surface area contributed by atoms with Crippen LogP contribution in [0.1, 0.15) is 27.2 Å². The molecule has 0 atom stereocenters. The van der Waals surface area contributed by atoms with Crippen molar-refractivity contribution in [1.82, 2.24) is 15.5 Å². The summed E-state index contributed by atoms with van der Waals surface area (Å²) in [6, 6.07) is 0. The van der Waals surface area contributed by atoms with Gasteiger partial charge in [0.2, 0.25) is 0 Å². The van der Waals surface area contributed by atoms with E-state index in [0.29, 0.717) is 13.1 Å². The van der Waals surface area contributed by atoms with Crippen LogP contribution >= 0.6 is 0 Å². The van der Waals surface area contributed by atoms with E-state index in [0.717, 1.165) is 65.3 Å². The quantitative estimate of drug-likeness (QED) is 0.247. The van der Waals surface area contributed by atoms with Crippen molar-refractivity contribution >= 4 is 0 Å². The summed E-state index contributed by atoms with van der Waals surface area (Å²) in [4.78, 5) is 2.28. The Balaban J connectivity index is -0.000000300. The number of nitrogens with one attached hydrogen (secondary N) is 2. The van der Waals surface area contributed by atoms with Crippen molar-refractivity contribution < 1.29 is 0 Å². The molecule has 0 bridgehead atoms. The van der Waals surface area contributed by atoms with Crippen molar-refractivity contribution in [1.29, 1.82) is 0 Å². The summed E-state index contributed by atoms with van der Waals surface area (Å²) in [6.45, 7) is 16.2. The van der Waals surface area contributed by atoms with Crippen LogP contribution in [0.5, 0.6) is 0 Å². The lowest BCUT2D eigenvalue weighted by atomic mass is 10.4. The number of rotatable bonds is 12. The Hall–Kier alpha value is -0.280. The summed E-state index contributed by atoms with van der Waals surface area (Å²) < 4.78 is 0. The zero-order valence-corrected chi connectivity index (χ0v) is 15.2. The van der Waals surface area contributed by atoms with Crippen LogP contribution in [-0.4, -0.2) is 76.9 Å². The lowest BCUT2D eigenvalue weighted by Crippen LogP contribution is -2.38. The van der Waals surface area contributed by atoms with Crippen molar-refractivity contribution in [2.75, 3.05) is 72.0 Å². The second kappa shape index (κ2) is 28.8. The second-order valence-corrected chi connectivity index (χ2v) is 4.70. The molecule has 0 heterocycles. The maximum atomic E-state index is 5.46. The molecule has 0 fully saturated rings. The third kappa shape index (κ3) is 31.9. The average Bonchev–Trinajstić information content (AvgIpc) is 2.54. The third-order valence-corrected chi connectivity index (χ3v) is 2.61. The predicted octanol–water partition coefficient (Wildman–Crippen LogP) is -1.27.